The van der Waals surface area contributed by atoms with Crippen LogP contribution in [0.3, 0.4) is 0 Å². The third-order valence-electron chi connectivity index (χ3n) is 6.02. The minimum Gasteiger partial charge on any atom is -0.371 e. The monoisotopic (exact) mass is 480 g/mol. The number of aromatic amines is 1. The summed E-state index contributed by atoms with van der Waals surface area (Å²) >= 11 is 6.36. The van der Waals surface area contributed by atoms with Crippen LogP contribution in [-0.4, -0.2) is 27.9 Å². The predicted octanol–water partition coefficient (Wildman–Crippen LogP) is 4.10. The highest BCUT2D eigenvalue weighted by atomic mass is 35.5. The van der Waals surface area contributed by atoms with Crippen LogP contribution in [0.25, 0.3) is 16.6 Å². The number of benzene rings is 2. The van der Waals surface area contributed by atoms with Crippen LogP contribution in [0, 0.1) is 5.92 Å². The van der Waals surface area contributed by atoms with Crippen LogP contribution in [0.5, 0.6) is 0 Å². The van der Waals surface area contributed by atoms with Gasteiger partial charge in [0.25, 0.3) is 11.1 Å². The average Bonchev–Trinajstić information content (AvgIpc) is 3.16. The molecule has 0 aliphatic heterocycles. The molecule has 0 saturated carbocycles. The first-order valence-electron chi connectivity index (χ1n) is 11.4. The maximum atomic E-state index is 13.6. The molecule has 0 amide bonds. The van der Waals surface area contributed by atoms with E-state index in [4.69, 9.17) is 16.3 Å². The zero-order valence-electron chi connectivity index (χ0n) is 19.4. The molecule has 0 aliphatic rings. The van der Waals surface area contributed by atoms with E-state index in [1.165, 1.54) is 10.7 Å². The Morgan fingerprint density at radius 3 is 2.50 bits per heavy atom. The van der Waals surface area contributed by atoms with Gasteiger partial charge in [0, 0.05) is 12.6 Å². The molecule has 0 saturated heterocycles. The Hall–Kier alpha value is -3.13. The highest BCUT2D eigenvalue weighted by Gasteiger charge is 2.20. The van der Waals surface area contributed by atoms with Gasteiger partial charge in [-0.05, 0) is 37.2 Å². The van der Waals surface area contributed by atoms with E-state index in [9.17, 15) is 9.59 Å². The van der Waals surface area contributed by atoms with Gasteiger partial charge < -0.3 is 14.6 Å². The van der Waals surface area contributed by atoms with Gasteiger partial charge in [-0.2, -0.15) is 0 Å². The average molecular weight is 481 g/mol. The van der Waals surface area contributed by atoms with Crippen molar-refractivity contribution < 1.29 is 4.74 Å². The van der Waals surface area contributed by atoms with Gasteiger partial charge in [-0.25, -0.2) is 4.68 Å². The zero-order chi connectivity index (χ0) is 24.1. The largest absolute Gasteiger partial charge is 0.371 e. The van der Waals surface area contributed by atoms with Gasteiger partial charge in [0.15, 0.2) is 0 Å². The van der Waals surface area contributed by atoms with Crippen molar-refractivity contribution >= 4 is 22.5 Å². The lowest BCUT2D eigenvalue weighted by atomic mass is 10.1. The summed E-state index contributed by atoms with van der Waals surface area (Å²) < 4.78 is 9.09. The molecule has 4 rings (SSSR count). The number of pyridine rings is 1. The van der Waals surface area contributed by atoms with E-state index in [1.54, 1.807) is 22.8 Å². The molecular formula is C26H29ClN4O3. The number of rotatable bonds is 10. The third-order valence-corrected chi connectivity index (χ3v) is 6.34. The molecule has 0 fully saturated rings. The minimum absolute atomic E-state index is 0.132. The molecule has 0 aliphatic carbocycles. The van der Waals surface area contributed by atoms with E-state index in [1.807, 2.05) is 43.4 Å². The van der Waals surface area contributed by atoms with E-state index in [2.05, 4.69) is 17.3 Å². The lowest BCUT2D eigenvalue weighted by Crippen LogP contribution is -2.31. The van der Waals surface area contributed by atoms with Gasteiger partial charge in [-0.1, -0.05) is 67.4 Å². The van der Waals surface area contributed by atoms with Crippen LogP contribution in [-0.2, 0) is 24.5 Å². The molecule has 2 N–H and O–H groups in total. The summed E-state index contributed by atoms with van der Waals surface area (Å²) in [6.45, 7) is 3.86. The lowest BCUT2D eigenvalue weighted by Gasteiger charge is -2.19. The Bertz CT molecular complexity index is 1370. The van der Waals surface area contributed by atoms with E-state index >= 15 is 0 Å². The molecule has 4 aromatic rings. The van der Waals surface area contributed by atoms with Gasteiger partial charge in [-0.15, -0.1) is 0 Å². The van der Waals surface area contributed by atoms with E-state index in [0.29, 0.717) is 40.5 Å². The number of nitrogens with zero attached hydrogens (tertiary/aromatic N) is 2. The maximum Gasteiger partial charge on any atom is 0.281 e. The summed E-state index contributed by atoms with van der Waals surface area (Å²) in [6.07, 6.45) is 0.895. The lowest BCUT2D eigenvalue weighted by molar-refractivity contribution is 0.102. The van der Waals surface area contributed by atoms with Crippen LogP contribution < -0.4 is 16.4 Å². The number of halogens is 1. The fraction of sp³-hybridized carbons (Fsp3) is 0.308. The van der Waals surface area contributed by atoms with Crippen molar-refractivity contribution in [1.29, 1.82) is 0 Å². The molecule has 0 radical (unpaired) electrons. The minimum atomic E-state index is -0.267. The number of hydrogen-bond donors (Lipinski definition) is 2. The van der Waals surface area contributed by atoms with Gasteiger partial charge in [0.05, 0.1) is 40.5 Å². The first kappa shape index (κ1) is 24.0. The number of para-hydroxylation sites is 1. The molecule has 1 atom stereocenters. The molecule has 34 heavy (non-hydrogen) atoms. The second-order valence-electron chi connectivity index (χ2n) is 8.34. The van der Waals surface area contributed by atoms with E-state index in [-0.39, 0.29) is 23.6 Å². The fourth-order valence-corrected chi connectivity index (χ4v) is 4.40. The Kier molecular flexibility index (Phi) is 7.67. The second-order valence-corrected chi connectivity index (χ2v) is 8.75. The van der Waals surface area contributed by atoms with Crippen LogP contribution in [0.2, 0.25) is 5.02 Å². The van der Waals surface area contributed by atoms with Crippen molar-refractivity contribution in [2.24, 2.45) is 5.92 Å². The Balaban J connectivity index is 1.82. The summed E-state index contributed by atoms with van der Waals surface area (Å²) in [5.41, 5.74) is 2.14. The Morgan fingerprint density at radius 2 is 1.79 bits per heavy atom. The van der Waals surface area contributed by atoms with Crippen LogP contribution in [0.15, 0.2) is 70.3 Å². The molecule has 1 unspecified atom stereocenters. The molecule has 0 spiro atoms. The van der Waals surface area contributed by atoms with Crippen LogP contribution >= 0.6 is 11.6 Å². The quantitative estimate of drug-likeness (QED) is 0.358. The van der Waals surface area contributed by atoms with Gasteiger partial charge >= 0.3 is 0 Å². The highest BCUT2D eigenvalue weighted by Crippen LogP contribution is 2.21. The molecule has 8 heteroatoms. The summed E-state index contributed by atoms with van der Waals surface area (Å²) in [6, 6.07) is 18.4. The van der Waals surface area contributed by atoms with Crippen molar-refractivity contribution in [2.75, 3.05) is 13.6 Å². The molecule has 2 aromatic carbocycles. The van der Waals surface area contributed by atoms with Crippen molar-refractivity contribution in [3.05, 3.63) is 97.7 Å². The van der Waals surface area contributed by atoms with Gasteiger partial charge in [0.2, 0.25) is 0 Å². The number of fused-ring (bicyclic) bond motifs is 1. The third kappa shape index (κ3) is 5.01. The fourth-order valence-electron chi connectivity index (χ4n) is 4.18. The van der Waals surface area contributed by atoms with Crippen molar-refractivity contribution in [2.45, 2.75) is 33.1 Å². The van der Waals surface area contributed by atoms with Crippen LogP contribution in [0.4, 0.5) is 0 Å². The number of aromatic nitrogens is 3. The zero-order valence-corrected chi connectivity index (χ0v) is 20.1. The van der Waals surface area contributed by atoms with Gasteiger partial charge in [-0.3, -0.25) is 14.7 Å². The van der Waals surface area contributed by atoms with E-state index < -0.39 is 0 Å². The SMILES string of the molecule is CCC(CNC)Cn1c(COCc2ccccc2)c2c(=O)n(-c3ccccc3Cl)[nH]c2cc1=O. The number of H-pyrrole nitrogens is 1. The van der Waals surface area contributed by atoms with Crippen molar-refractivity contribution in [3.8, 4) is 5.69 Å². The van der Waals surface area contributed by atoms with Crippen molar-refractivity contribution in [3.63, 3.8) is 0 Å². The summed E-state index contributed by atoms with van der Waals surface area (Å²) in [5, 5.41) is 7.13. The van der Waals surface area contributed by atoms with E-state index in [0.717, 1.165) is 18.5 Å². The topological polar surface area (TPSA) is 81.1 Å². The molecule has 178 valence electrons. The molecular weight excluding hydrogens is 452 g/mol. The van der Waals surface area contributed by atoms with Crippen LogP contribution in [0.1, 0.15) is 24.6 Å². The van der Waals surface area contributed by atoms with Gasteiger partial charge in [0.1, 0.15) is 0 Å². The molecule has 0 bridgehead atoms. The molecule has 2 aromatic heterocycles. The summed E-state index contributed by atoms with van der Waals surface area (Å²) in [4.78, 5) is 26.8. The number of ether oxygens (including phenoxy) is 1. The van der Waals surface area contributed by atoms with Crippen molar-refractivity contribution in [1.82, 2.24) is 19.7 Å². The highest BCUT2D eigenvalue weighted by molar-refractivity contribution is 6.32. The smallest absolute Gasteiger partial charge is 0.281 e. The second kappa shape index (κ2) is 10.9. The number of nitrogens with one attached hydrogen (secondary N) is 2. The molecule has 7 nitrogen and oxygen atoms in total. The first-order valence-corrected chi connectivity index (χ1v) is 11.8. The standard InChI is InChI=1S/C26H29ClN4O3/c1-3-18(14-28-2)15-30-23(17-34-16-19-9-5-4-6-10-19)25-21(13-24(30)32)29-31(26(25)33)22-12-8-7-11-20(22)27/h4-13,18,28-29H,3,14-17H2,1-2H3. The summed E-state index contributed by atoms with van der Waals surface area (Å²) in [5.74, 6) is 0.234. The Labute approximate surface area is 202 Å². The summed E-state index contributed by atoms with van der Waals surface area (Å²) in [7, 11) is 1.90. The first-order chi connectivity index (χ1) is 16.5. The molecule has 2 heterocycles. The Morgan fingerprint density at radius 1 is 1.06 bits per heavy atom. The normalized spacial score (nSPS) is 12.3. The maximum absolute atomic E-state index is 13.6. The number of hydrogen-bond acceptors (Lipinski definition) is 4. The predicted molar refractivity (Wildman–Crippen MR) is 136 cm³/mol.